The topological polar surface area (TPSA) is 70.2 Å². The summed E-state index contributed by atoms with van der Waals surface area (Å²) in [5.74, 6) is -0.574. The molecule has 2 amide bonds. The maximum atomic E-state index is 12.3. The van der Waals surface area contributed by atoms with E-state index in [2.05, 4.69) is 4.98 Å². The van der Waals surface area contributed by atoms with Gasteiger partial charge in [-0.1, -0.05) is 19.1 Å². The zero-order valence-electron chi connectivity index (χ0n) is 13.2. The lowest BCUT2D eigenvalue weighted by molar-refractivity contribution is 0.0656. The largest absolute Gasteiger partial charge is 0.326 e. The highest BCUT2D eigenvalue weighted by molar-refractivity contribution is 6.21. The predicted molar refractivity (Wildman–Crippen MR) is 86.7 cm³/mol. The molecule has 0 bridgehead atoms. The second-order valence-corrected chi connectivity index (χ2v) is 5.69. The lowest BCUT2D eigenvalue weighted by Gasteiger charge is -2.14. The van der Waals surface area contributed by atoms with E-state index in [1.807, 2.05) is 19.9 Å². The number of H-pyrrole nitrogens is 1. The van der Waals surface area contributed by atoms with E-state index < -0.39 is 0 Å². The molecular formula is C18H18N2O3. The van der Waals surface area contributed by atoms with Crippen molar-refractivity contribution in [3.05, 3.63) is 68.6 Å². The number of carbonyl (C=O) groups excluding carboxylic acids is 2. The van der Waals surface area contributed by atoms with Crippen molar-refractivity contribution in [2.24, 2.45) is 0 Å². The second kappa shape index (κ2) is 5.83. The van der Waals surface area contributed by atoms with E-state index in [4.69, 9.17) is 0 Å². The molecule has 0 fully saturated rings. The molecule has 1 aliphatic rings. The zero-order chi connectivity index (χ0) is 16.6. The molecule has 0 spiro atoms. The summed E-state index contributed by atoms with van der Waals surface area (Å²) in [5.41, 5.74) is 3.25. The maximum absolute atomic E-state index is 12.3. The minimum Gasteiger partial charge on any atom is -0.326 e. The molecular weight excluding hydrogens is 292 g/mol. The highest BCUT2D eigenvalue weighted by Gasteiger charge is 2.34. The minimum absolute atomic E-state index is 0.156. The highest BCUT2D eigenvalue weighted by Crippen LogP contribution is 2.22. The molecule has 5 heteroatoms. The van der Waals surface area contributed by atoms with Crippen LogP contribution < -0.4 is 5.56 Å². The molecule has 1 N–H and O–H groups in total. The number of nitrogens with one attached hydrogen (secondary N) is 1. The first-order valence-electron chi connectivity index (χ1n) is 7.69. The number of pyridine rings is 1. The van der Waals surface area contributed by atoms with Crippen molar-refractivity contribution in [2.45, 2.75) is 26.7 Å². The highest BCUT2D eigenvalue weighted by atomic mass is 16.2. The van der Waals surface area contributed by atoms with Crippen molar-refractivity contribution in [1.29, 1.82) is 0 Å². The molecule has 3 rings (SSSR count). The van der Waals surface area contributed by atoms with Gasteiger partial charge in [0.15, 0.2) is 0 Å². The van der Waals surface area contributed by atoms with E-state index in [-0.39, 0.29) is 23.9 Å². The minimum atomic E-state index is -0.287. The van der Waals surface area contributed by atoms with Crippen molar-refractivity contribution < 1.29 is 9.59 Å². The van der Waals surface area contributed by atoms with Crippen LogP contribution in [-0.2, 0) is 12.8 Å². The summed E-state index contributed by atoms with van der Waals surface area (Å²) in [6.45, 7) is 4.10. The number of carbonyl (C=O) groups is 2. The molecule has 0 saturated carbocycles. The first kappa shape index (κ1) is 15.2. The second-order valence-electron chi connectivity index (χ2n) is 5.69. The fourth-order valence-corrected chi connectivity index (χ4v) is 2.94. The van der Waals surface area contributed by atoms with Gasteiger partial charge < -0.3 is 4.98 Å². The molecule has 2 heterocycles. The Kier molecular flexibility index (Phi) is 3.86. The fourth-order valence-electron chi connectivity index (χ4n) is 2.94. The van der Waals surface area contributed by atoms with Gasteiger partial charge in [-0.2, -0.15) is 0 Å². The van der Waals surface area contributed by atoms with Crippen LogP contribution in [0.3, 0.4) is 0 Å². The van der Waals surface area contributed by atoms with E-state index in [0.717, 1.165) is 17.7 Å². The van der Waals surface area contributed by atoms with Crippen LogP contribution in [0.2, 0.25) is 0 Å². The van der Waals surface area contributed by atoms with E-state index in [1.165, 1.54) is 4.90 Å². The van der Waals surface area contributed by atoms with Crippen molar-refractivity contribution in [1.82, 2.24) is 9.88 Å². The molecule has 0 atom stereocenters. The number of amides is 2. The standard InChI is InChI=1S/C18H18N2O3/c1-3-12-10-13(16(21)19-11(12)2)8-9-20-17(22)14-6-4-5-7-15(14)18(20)23/h4-7,10H,3,8-9H2,1-2H3,(H,19,21). The van der Waals surface area contributed by atoms with Crippen LogP contribution in [0.25, 0.3) is 0 Å². The molecule has 0 saturated heterocycles. The summed E-state index contributed by atoms with van der Waals surface area (Å²) in [6, 6.07) is 8.66. The molecule has 118 valence electrons. The quantitative estimate of drug-likeness (QED) is 0.879. The first-order valence-corrected chi connectivity index (χ1v) is 7.69. The van der Waals surface area contributed by atoms with Crippen molar-refractivity contribution in [3.63, 3.8) is 0 Å². The molecule has 1 aliphatic heterocycles. The Bertz CT molecular complexity index is 817. The average Bonchev–Trinajstić information content (AvgIpc) is 2.79. The van der Waals surface area contributed by atoms with Crippen molar-refractivity contribution in [3.8, 4) is 0 Å². The third kappa shape index (κ3) is 2.59. The van der Waals surface area contributed by atoms with Crippen LogP contribution >= 0.6 is 0 Å². The Morgan fingerprint density at radius 1 is 1.00 bits per heavy atom. The van der Waals surface area contributed by atoms with E-state index in [9.17, 15) is 14.4 Å². The lowest BCUT2D eigenvalue weighted by Crippen LogP contribution is -2.33. The van der Waals surface area contributed by atoms with Crippen LogP contribution in [0.1, 0.15) is 44.5 Å². The van der Waals surface area contributed by atoms with Gasteiger partial charge in [0.1, 0.15) is 0 Å². The monoisotopic (exact) mass is 310 g/mol. The number of rotatable bonds is 4. The summed E-state index contributed by atoms with van der Waals surface area (Å²) in [4.78, 5) is 40.7. The Labute approximate surface area is 134 Å². The van der Waals surface area contributed by atoms with Crippen LogP contribution in [-0.4, -0.2) is 28.2 Å². The molecule has 1 aromatic carbocycles. The Morgan fingerprint density at radius 3 is 2.17 bits per heavy atom. The van der Waals surface area contributed by atoms with Gasteiger partial charge in [0, 0.05) is 17.8 Å². The Hall–Kier alpha value is -2.69. The maximum Gasteiger partial charge on any atom is 0.261 e. The van der Waals surface area contributed by atoms with Gasteiger partial charge in [-0.25, -0.2) is 0 Å². The lowest BCUT2D eigenvalue weighted by atomic mass is 10.1. The molecule has 0 unspecified atom stereocenters. The number of nitrogens with zero attached hydrogens (tertiary/aromatic N) is 1. The third-order valence-corrected chi connectivity index (χ3v) is 4.29. The van der Waals surface area contributed by atoms with E-state index >= 15 is 0 Å². The molecule has 2 aromatic rings. The predicted octanol–water partition coefficient (Wildman–Crippen LogP) is 2.08. The van der Waals surface area contributed by atoms with Gasteiger partial charge in [0.25, 0.3) is 17.4 Å². The van der Waals surface area contributed by atoms with Gasteiger partial charge in [-0.15, -0.1) is 0 Å². The van der Waals surface area contributed by atoms with Crippen molar-refractivity contribution in [2.75, 3.05) is 6.54 Å². The van der Waals surface area contributed by atoms with Crippen LogP contribution in [0.4, 0.5) is 0 Å². The van der Waals surface area contributed by atoms with Crippen molar-refractivity contribution >= 4 is 11.8 Å². The van der Waals surface area contributed by atoms with Crippen LogP contribution in [0.5, 0.6) is 0 Å². The van der Waals surface area contributed by atoms with Gasteiger partial charge in [0.05, 0.1) is 11.1 Å². The number of aromatic amines is 1. The number of fused-ring (bicyclic) bond motifs is 1. The molecule has 0 aliphatic carbocycles. The normalized spacial score (nSPS) is 13.6. The zero-order valence-corrected chi connectivity index (χ0v) is 13.2. The summed E-state index contributed by atoms with van der Waals surface area (Å²) in [7, 11) is 0. The SMILES string of the molecule is CCc1cc(CCN2C(=O)c3ccccc3C2=O)c(=O)[nH]c1C. The van der Waals surface area contributed by atoms with E-state index in [1.54, 1.807) is 24.3 Å². The Morgan fingerprint density at radius 2 is 1.61 bits per heavy atom. The smallest absolute Gasteiger partial charge is 0.261 e. The molecule has 5 nitrogen and oxygen atoms in total. The molecule has 1 aromatic heterocycles. The third-order valence-electron chi connectivity index (χ3n) is 4.29. The summed E-state index contributed by atoms with van der Waals surface area (Å²) in [6.07, 6.45) is 1.18. The van der Waals surface area contributed by atoms with Gasteiger partial charge in [0.2, 0.25) is 0 Å². The number of aryl methyl sites for hydroxylation is 2. The van der Waals surface area contributed by atoms with Gasteiger partial charge in [-0.3, -0.25) is 19.3 Å². The first-order chi connectivity index (χ1) is 11.0. The fraction of sp³-hybridized carbons (Fsp3) is 0.278. The number of hydrogen-bond donors (Lipinski definition) is 1. The number of hydrogen-bond acceptors (Lipinski definition) is 3. The molecule has 0 radical (unpaired) electrons. The van der Waals surface area contributed by atoms with E-state index in [0.29, 0.717) is 23.1 Å². The number of aromatic nitrogens is 1. The van der Waals surface area contributed by atoms with Gasteiger partial charge in [-0.05, 0) is 43.5 Å². The summed E-state index contributed by atoms with van der Waals surface area (Å²) < 4.78 is 0. The molecule has 23 heavy (non-hydrogen) atoms. The van der Waals surface area contributed by atoms with Gasteiger partial charge >= 0.3 is 0 Å². The summed E-state index contributed by atoms with van der Waals surface area (Å²) in [5, 5.41) is 0. The summed E-state index contributed by atoms with van der Waals surface area (Å²) >= 11 is 0. The number of imide groups is 1. The van der Waals surface area contributed by atoms with Crippen LogP contribution in [0.15, 0.2) is 35.1 Å². The Balaban J connectivity index is 1.82. The average molecular weight is 310 g/mol. The number of benzene rings is 1. The van der Waals surface area contributed by atoms with Crippen LogP contribution in [0, 0.1) is 6.92 Å².